The van der Waals surface area contributed by atoms with E-state index in [9.17, 15) is 0 Å². The molecule has 0 amide bonds. The summed E-state index contributed by atoms with van der Waals surface area (Å²) < 4.78 is 11.3. The molecule has 0 radical (unpaired) electrons. The molecule has 1 fully saturated rings. The Balaban J connectivity index is 0.00000116. The smallest absolute Gasteiger partial charge is 0.119 e. The van der Waals surface area contributed by atoms with E-state index in [1.165, 1.54) is 32.1 Å². The third-order valence-electron chi connectivity index (χ3n) is 4.00. The minimum Gasteiger partial charge on any atom is -0.493 e. The highest BCUT2D eigenvalue weighted by atomic mass is 16.5. The van der Waals surface area contributed by atoms with E-state index in [1.807, 2.05) is 38.1 Å². The van der Waals surface area contributed by atoms with Crippen LogP contribution in [0.25, 0.3) is 0 Å². The fraction of sp³-hybridized carbons (Fsp3) is 0.632. The van der Waals surface area contributed by atoms with Gasteiger partial charge < -0.3 is 9.47 Å². The average Bonchev–Trinajstić information content (AvgIpc) is 2.61. The largest absolute Gasteiger partial charge is 0.493 e. The fourth-order valence-electron chi connectivity index (χ4n) is 2.79. The summed E-state index contributed by atoms with van der Waals surface area (Å²) in [7, 11) is 1.64. The van der Waals surface area contributed by atoms with Crippen LogP contribution in [-0.4, -0.2) is 13.7 Å². The second-order valence-electron chi connectivity index (χ2n) is 5.47. The predicted octanol–water partition coefficient (Wildman–Crippen LogP) is 5.27. The maximum absolute atomic E-state index is 8.81. The van der Waals surface area contributed by atoms with E-state index in [-0.39, 0.29) is 6.10 Å². The van der Waals surface area contributed by atoms with E-state index in [2.05, 4.69) is 6.07 Å². The third kappa shape index (κ3) is 6.07. The maximum Gasteiger partial charge on any atom is 0.119 e. The number of nitriles is 1. The summed E-state index contributed by atoms with van der Waals surface area (Å²) in [6, 6.07) is 10.1. The van der Waals surface area contributed by atoms with Crippen LogP contribution in [0.1, 0.15) is 64.0 Å². The molecule has 0 aliphatic heterocycles. The number of methoxy groups -OCH3 is 1. The van der Waals surface area contributed by atoms with Crippen LogP contribution in [0.2, 0.25) is 0 Å². The fourth-order valence-corrected chi connectivity index (χ4v) is 2.79. The number of nitrogens with zero attached hydrogens (tertiary/aromatic N) is 1. The number of hydrogen-bond acceptors (Lipinski definition) is 3. The van der Waals surface area contributed by atoms with Crippen LogP contribution >= 0.6 is 0 Å². The van der Waals surface area contributed by atoms with Gasteiger partial charge in [0.2, 0.25) is 0 Å². The molecule has 3 nitrogen and oxygen atoms in total. The van der Waals surface area contributed by atoms with Gasteiger partial charge in [-0.3, -0.25) is 0 Å². The molecule has 1 aromatic rings. The quantitative estimate of drug-likeness (QED) is 0.718. The van der Waals surface area contributed by atoms with Gasteiger partial charge in [-0.05, 0) is 36.5 Å². The average molecular weight is 303 g/mol. The molecule has 1 aromatic carbocycles. The SMILES string of the molecule is CC.COC(CC#N)c1cccc(OCC2CCCCC2)c1. The summed E-state index contributed by atoms with van der Waals surface area (Å²) in [6.45, 7) is 4.80. The summed E-state index contributed by atoms with van der Waals surface area (Å²) >= 11 is 0. The van der Waals surface area contributed by atoms with Crippen molar-refractivity contribution >= 4 is 0 Å². The lowest BCUT2D eigenvalue weighted by Gasteiger charge is -2.22. The lowest BCUT2D eigenvalue weighted by molar-refractivity contribution is 0.107. The van der Waals surface area contributed by atoms with Crippen molar-refractivity contribution in [2.45, 2.75) is 58.5 Å². The molecule has 0 bridgehead atoms. The highest BCUT2D eigenvalue weighted by Gasteiger charge is 2.15. The Morgan fingerprint density at radius 1 is 1.23 bits per heavy atom. The summed E-state index contributed by atoms with van der Waals surface area (Å²) in [6.07, 6.45) is 6.81. The number of ether oxygens (including phenoxy) is 2. The monoisotopic (exact) mass is 303 g/mol. The predicted molar refractivity (Wildman–Crippen MR) is 89.8 cm³/mol. The second-order valence-corrected chi connectivity index (χ2v) is 5.47. The maximum atomic E-state index is 8.81. The van der Waals surface area contributed by atoms with Gasteiger partial charge in [-0.1, -0.05) is 45.2 Å². The van der Waals surface area contributed by atoms with Crippen molar-refractivity contribution in [3.05, 3.63) is 29.8 Å². The highest BCUT2D eigenvalue weighted by molar-refractivity contribution is 5.30. The van der Waals surface area contributed by atoms with Crippen molar-refractivity contribution in [1.82, 2.24) is 0 Å². The second kappa shape index (κ2) is 11.1. The lowest BCUT2D eigenvalue weighted by atomic mass is 9.90. The first kappa shape index (κ1) is 18.5. The Morgan fingerprint density at radius 3 is 2.59 bits per heavy atom. The standard InChI is InChI=1S/C17H23NO2.C2H6/c1-19-17(10-11-18)15-8-5-9-16(12-15)20-13-14-6-3-2-4-7-14;1-2/h5,8-9,12,14,17H,2-4,6-7,10,13H2,1H3;1-2H3. The summed E-state index contributed by atoms with van der Waals surface area (Å²) in [4.78, 5) is 0. The van der Waals surface area contributed by atoms with Gasteiger partial charge in [0.25, 0.3) is 0 Å². The van der Waals surface area contributed by atoms with Crippen LogP contribution in [-0.2, 0) is 4.74 Å². The summed E-state index contributed by atoms with van der Waals surface area (Å²) in [5.41, 5.74) is 1.01. The van der Waals surface area contributed by atoms with Crippen LogP contribution in [0, 0.1) is 17.2 Å². The Bertz CT molecular complexity index is 447. The Labute approximate surface area is 135 Å². The zero-order chi connectivity index (χ0) is 16.2. The molecule has 0 aromatic heterocycles. The molecule has 122 valence electrons. The van der Waals surface area contributed by atoms with Crippen LogP contribution in [0.3, 0.4) is 0 Å². The van der Waals surface area contributed by atoms with Crippen molar-refractivity contribution < 1.29 is 9.47 Å². The van der Waals surface area contributed by atoms with Crippen molar-refractivity contribution in [2.75, 3.05) is 13.7 Å². The topological polar surface area (TPSA) is 42.2 Å². The molecule has 0 saturated heterocycles. The molecule has 0 heterocycles. The van der Waals surface area contributed by atoms with Gasteiger partial charge in [0, 0.05) is 7.11 Å². The van der Waals surface area contributed by atoms with Gasteiger partial charge in [-0.25, -0.2) is 0 Å². The molecule has 22 heavy (non-hydrogen) atoms. The Kier molecular flexibility index (Phi) is 9.34. The first-order valence-corrected chi connectivity index (χ1v) is 8.46. The first-order chi connectivity index (χ1) is 10.8. The summed E-state index contributed by atoms with van der Waals surface area (Å²) in [5, 5.41) is 8.81. The molecule has 1 unspecified atom stereocenters. The molecule has 1 aliphatic rings. The first-order valence-electron chi connectivity index (χ1n) is 8.46. The van der Waals surface area contributed by atoms with Crippen molar-refractivity contribution in [1.29, 1.82) is 5.26 Å². The number of hydrogen-bond donors (Lipinski definition) is 0. The van der Waals surface area contributed by atoms with Crippen LogP contribution in [0.5, 0.6) is 5.75 Å². The van der Waals surface area contributed by atoms with E-state index < -0.39 is 0 Å². The van der Waals surface area contributed by atoms with Gasteiger partial charge in [0.05, 0.1) is 25.2 Å². The van der Waals surface area contributed by atoms with Gasteiger partial charge in [0.15, 0.2) is 0 Å². The molecule has 1 aliphatic carbocycles. The van der Waals surface area contributed by atoms with Crippen LogP contribution in [0.4, 0.5) is 0 Å². The number of benzene rings is 1. The van der Waals surface area contributed by atoms with E-state index >= 15 is 0 Å². The molecular weight excluding hydrogens is 274 g/mol. The Hall–Kier alpha value is -1.53. The zero-order valence-corrected chi connectivity index (χ0v) is 14.2. The van der Waals surface area contributed by atoms with Crippen molar-refractivity contribution in [3.63, 3.8) is 0 Å². The van der Waals surface area contributed by atoms with Crippen molar-refractivity contribution in [2.24, 2.45) is 5.92 Å². The minimum absolute atomic E-state index is 0.168. The molecule has 2 rings (SSSR count). The van der Waals surface area contributed by atoms with E-state index in [4.69, 9.17) is 14.7 Å². The van der Waals surface area contributed by atoms with Gasteiger partial charge in [-0.2, -0.15) is 5.26 Å². The Morgan fingerprint density at radius 2 is 1.95 bits per heavy atom. The zero-order valence-electron chi connectivity index (χ0n) is 14.2. The molecule has 3 heteroatoms. The summed E-state index contributed by atoms with van der Waals surface area (Å²) in [5.74, 6) is 1.58. The molecule has 1 saturated carbocycles. The van der Waals surface area contributed by atoms with E-state index in [0.717, 1.165) is 17.9 Å². The van der Waals surface area contributed by atoms with E-state index in [1.54, 1.807) is 7.11 Å². The third-order valence-corrected chi connectivity index (χ3v) is 4.00. The minimum atomic E-state index is -0.168. The molecule has 0 N–H and O–H groups in total. The molecule has 1 atom stereocenters. The van der Waals surface area contributed by atoms with Gasteiger partial charge >= 0.3 is 0 Å². The molecule has 0 spiro atoms. The van der Waals surface area contributed by atoms with Crippen LogP contribution < -0.4 is 4.74 Å². The number of rotatable bonds is 6. The van der Waals surface area contributed by atoms with Crippen LogP contribution in [0.15, 0.2) is 24.3 Å². The normalized spacial score (nSPS) is 16.1. The van der Waals surface area contributed by atoms with Gasteiger partial charge in [-0.15, -0.1) is 0 Å². The lowest BCUT2D eigenvalue weighted by Crippen LogP contribution is -2.15. The van der Waals surface area contributed by atoms with Gasteiger partial charge in [0.1, 0.15) is 5.75 Å². The van der Waals surface area contributed by atoms with E-state index in [0.29, 0.717) is 12.3 Å². The van der Waals surface area contributed by atoms with Crippen molar-refractivity contribution in [3.8, 4) is 11.8 Å². The molecular formula is C19H29NO2. The highest BCUT2D eigenvalue weighted by Crippen LogP contribution is 2.27.